The fourth-order valence-electron chi connectivity index (χ4n) is 1.25. The van der Waals surface area contributed by atoms with E-state index in [1.807, 2.05) is 20.8 Å². The molecule has 0 aromatic carbocycles. The van der Waals surface area contributed by atoms with Crippen molar-refractivity contribution in [3.05, 3.63) is 0 Å². The van der Waals surface area contributed by atoms with Crippen molar-refractivity contribution in [1.29, 1.82) is 0 Å². The zero-order valence-corrected chi connectivity index (χ0v) is 11.8. The van der Waals surface area contributed by atoms with Crippen LogP contribution in [0.1, 0.15) is 60.3 Å². The minimum absolute atomic E-state index is 0.308. The molecule has 100 valence electrons. The standard InChI is InChI=1S/C11H25NO2.C2H6/c1-4-7-10-14-11(5-2)8-9-12(13)6-3;1-2/h11,13H,4-10H2,1-3H3;1-2H3. The van der Waals surface area contributed by atoms with Crippen molar-refractivity contribution in [3.63, 3.8) is 0 Å². The first-order chi connectivity index (χ1) is 7.74. The third-order valence-electron chi connectivity index (χ3n) is 2.38. The van der Waals surface area contributed by atoms with E-state index in [-0.39, 0.29) is 0 Å². The summed E-state index contributed by atoms with van der Waals surface area (Å²) < 4.78 is 5.69. The first-order valence-electron chi connectivity index (χ1n) is 6.79. The highest BCUT2D eigenvalue weighted by molar-refractivity contribution is 4.57. The molecule has 0 bridgehead atoms. The Labute approximate surface area is 102 Å². The number of hydrogen-bond acceptors (Lipinski definition) is 3. The number of ether oxygens (including phenoxy) is 1. The maximum Gasteiger partial charge on any atom is 0.0585 e. The van der Waals surface area contributed by atoms with E-state index in [1.165, 1.54) is 11.5 Å². The minimum Gasteiger partial charge on any atom is -0.378 e. The average Bonchev–Trinajstić information content (AvgIpc) is 2.35. The second-order valence-corrected chi connectivity index (χ2v) is 3.59. The fraction of sp³-hybridized carbons (Fsp3) is 1.00. The molecule has 0 saturated heterocycles. The third-order valence-corrected chi connectivity index (χ3v) is 2.38. The largest absolute Gasteiger partial charge is 0.378 e. The third kappa shape index (κ3) is 12.0. The minimum atomic E-state index is 0.308. The molecule has 3 nitrogen and oxygen atoms in total. The fourth-order valence-corrected chi connectivity index (χ4v) is 1.25. The Morgan fingerprint density at radius 2 is 1.81 bits per heavy atom. The zero-order valence-electron chi connectivity index (χ0n) is 11.8. The van der Waals surface area contributed by atoms with Gasteiger partial charge in [-0.15, -0.1) is 0 Å². The maximum absolute atomic E-state index is 9.25. The molecule has 0 aliphatic carbocycles. The molecule has 0 radical (unpaired) electrons. The van der Waals surface area contributed by atoms with Gasteiger partial charge in [-0.3, -0.25) is 0 Å². The highest BCUT2D eigenvalue weighted by Gasteiger charge is 2.07. The average molecular weight is 233 g/mol. The van der Waals surface area contributed by atoms with E-state index in [0.717, 1.165) is 25.9 Å². The number of hydroxylamine groups is 2. The van der Waals surface area contributed by atoms with Crippen LogP contribution in [0.4, 0.5) is 0 Å². The molecule has 0 aliphatic heterocycles. The lowest BCUT2D eigenvalue weighted by molar-refractivity contribution is -0.0964. The first kappa shape index (κ1) is 18.3. The Bertz CT molecular complexity index is 121. The second-order valence-electron chi connectivity index (χ2n) is 3.59. The summed E-state index contributed by atoms with van der Waals surface area (Å²) in [6, 6.07) is 0. The quantitative estimate of drug-likeness (QED) is 0.487. The van der Waals surface area contributed by atoms with Gasteiger partial charge in [0.1, 0.15) is 0 Å². The van der Waals surface area contributed by atoms with E-state index in [9.17, 15) is 5.21 Å². The number of nitrogens with zero attached hydrogens (tertiary/aromatic N) is 1. The van der Waals surface area contributed by atoms with Crippen molar-refractivity contribution in [1.82, 2.24) is 5.06 Å². The van der Waals surface area contributed by atoms with Gasteiger partial charge in [0.25, 0.3) is 0 Å². The van der Waals surface area contributed by atoms with E-state index in [0.29, 0.717) is 19.2 Å². The molecular formula is C13H31NO2. The molecule has 0 aromatic heterocycles. The van der Waals surface area contributed by atoms with Crippen LogP contribution in [0.25, 0.3) is 0 Å². The highest BCUT2D eigenvalue weighted by atomic mass is 16.5. The van der Waals surface area contributed by atoms with Gasteiger partial charge in [-0.2, -0.15) is 5.06 Å². The lowest BCUT2D eigenvalue weighted by atomic mass is 10.2. The summed E-state index contributed by atoms with van der Waals surface area (Å²) in [5.41, 5.74) is 0. The van der Waals surface area contributed by atoms with E-state index < -0.39 is 0 Å². The Morgan fingerprint density at radius 3 is 2.25 bits per heavy atom. The molecule has 0 spiro atoms. The second kappa shape index (κ2) is 14.9. The Hall–Kier alpha value is -0.120. The van der Waals surface area contributed by atoms with Crippen LogP contribution in [0.2, 0.25) is 0 Å². The summed E-state index contributed by atoms with van der Waals surface area (Å²) in [6.45, 7) is 12.5. The van der Waals surface area contributed by atoms with Crippen molar-refractivity contribution >= 4 is 0 Å². The molecule has 1 atom stereocenters. The van der Waals surface area contributed by atoms with Crippen LogP contribution in [0.5, 0.6) is 0 Å². The lowest BCUT2D eigenvalue weighted by Crippen LogP contribution is -2.25. The molecule has 0 saturated carbocycles. The molecule has 0 rings (SSSR count). The lowest BCUT2D eigenvalue weighted by Gasteiger charge is -2.18. The number of unbranched alkanes of at least 4 members (excludes halogenated alkanes) is 1. The summed E-state index contributed by atoms with van der Waals surface area (Å²) in [5.74, 6) is 0. The van der Waals surface area contributed by atoms with Gasteiger partial charge in [-0.05, 0) is 19.3 Å². The Kier molecular flexibility index (Phi) is 17.0. The van der Waals surface area contributed by atoms with Gasteiger partial charge < -0.3 is 9.94 Å². The van der Waals surface area contributed by atoms with Gasteiger partial charge in [-0.25, -0.2) is 0 Å². The van der Waals surface area contributed by atoms with Crippen molar-refractivity contribution in [2.45, 2.75) is 66.4 Å². The summed E-state index contributed by atoms with van der Waals surface area (Å²) in [4.78, 5) is 0. The Balaban J connectivity index is 0. The van der Waals surface area contributed by atoms with Gasteiger partial charge >= 0.3 is 0 Å². The number of hydrogen-bond donors (Lipinski definition) is 1. The molecule has 0 aromatic rings. The summed E-state index contributed by atoms with van der Waals surface area (Å²) in [5, 5.41) is 10.6. The molecule has 1 N–H and O–H groups in total. The van der Waals surface area contributed by atoms with Crippen LogP contribution >= 0.6 is 0 Å². The van der Waals surface area contributed by atoms with Crippen LogP contribution in [0, 0.1) is 0 Å². The molecule has 0 fully saturated rings. The molecule has 0 heterocycles. The zero-order chi connectivity index (χ0) is 12.8. The molecule has 1 unspecified atom stereocenters. The van der Waals surface area contributed by atoms with Crippen molar-refractivity contribution in [2.24, 2.45) is 0 Å². The van der Waals surface area contributed by atoms with Crippen molar-refractivity contribution < 1.29 is 9.94 Å². The highest BCUT2D eigenvalue weighted by Crippen LogP contribution is 2.05. The predicted molar refractivity (Wildman–Crippen MR) is 69.9 cm³/mol. The van der Waals surface area contributed by atoms with E-state index >= 15 is 0 Å². The van der Waals surface area contributed by atoms with Gasteiger partial charge in [0.15, 0.2) is 0 Å². The monoisotopic (exact) mass is 233 g/mol. The van der Waals surface area contributed by atoms with Crippen LogP contribution in [-0.2, 0) is 4.74 Å². The van der Waals surface area contributed by atoms with Crippen LogP contribution in [-0.4, -0.2) is 36.1 Å². The van der Waals surface area contributed by atoms with Gasteiger partial charge in [0, 0.05) is 19.7 Å². The molecule has 0 aliphatic rings. The maximum atomic E-state index is 9.25. The van der Waals surface area contributed by atoms with Crippen LogP contribution < -0.4 is 0 Å². The molecule has 3 heteroatoms. The van der Waals surface area contributed by atoms with Crippen LogP contribution in [0.15, 0.2) is 0 Å². The molecule has 0 amide bonds. The summed E-state index contributed by atoms with van der Waals surface area (Å²) >= 11 is 0. The van der Waals surface area contributed by atoms with Crippen molar-refractivity contribution in [3.8, 4) is 0 Å². The van der Waals surface area contributed by atoms with E-state index in [4.69, 9.17) is 4.74 Å². The normalized spacial score (nSPS) is 12.2. The first-order valence-corrected chi connectivity index (χ1v) is 6.79. The van der Waals surface area contributed by atoms with E-state index in [1.54, 1.807) is 0 Å². The summed E-state index contributed by atoms with van der Waals surface area (Å²) in [7, 11) is 0. The summed E-state index contributed by atoms with van der Waals surface area (Å²) in [6.07, 6.45) is 4.57. The Morgan fingerprint density at radius 1 is 1.19 bits per heavy atom. The topological polar surface area (TPSA) is 32.7 Å². The molecule has 16 heavy (non-hydrogen) atoms. The van der Waals surface area contributed by atoms with Crippen LogP contribution in [0.3, 0.4) is 0 Å². The smallest absolute Gasteiger partial charge is 0.0585 e. The van der Waals surface area contributed by atoms with Gasteiger partial charge in [-0.1, -0.05) is 41.0 Å². The van der Waals surface area contributed by atoms with Gasteiger partial charge in [0.2, 0.25) is 0 Å². The molecular weight excluding hydrogens is 202 g/mol. The van der Waals surface area contributed by atoms with Crippen molar-refractivity contribution in [2.75, 3.05) is 19.7 Å². The predicted octanol–water partition coefficient (Wildman–Crippen LogP) is 3.71. The van der Waals surface area contributed by atoms with E-state index in [2.05, 4.69) is 13.8 Å². The van der Waals surface area contributed by atoms with Gasteiger partial charge in [0.05, 0.1) is 6.10 Å². The SMILES string of the molecule is CC.CCCCOC(CC)CCN(O)CC. The number of rotatable bonds is 9.